The zero-order valence-electron chi connectivity index (χ0n) is 15.6. The Labute approximate surface area is 154 Å². The van der Waals surface area contributed by atoms with E-state index in [4.69, 9.17) is 5.73 Å². The van der Waals surface area contributed by atoms with E-state index in [2.05, 4.69) is 46.3 Å². The lowest BCUT2D eigenvalue weighted by atomic mass is 9.83. The predicted octanol–water partition coefficient (Wildman–Crippen LogP) is 3.05. The Morgan fingerprint density at radius 2 is 2.12 bits per heavy atom. The van der Waals surface area contributed by atoms with E-state index < -0.39 is 0 Å². The lowest BCUT2D eigenvalue weighted by Gasteiger charge is -2.37. The van der Waals surface area contributed by atoms with Crippen LogP contribution in [-0.2, 0) is 20.1 Å². The van der Waals surface area contributed by atoms with Crippen LogP contribution in [-0.4, -0.2) is 32.8 Å². The summed E-state index contributed by atoms with van der Waals surface area (Å²) in [5.41, 5.74) is 10.8. The van der Waals surface area contributed by atoms with Gasteiger partial charge in [0.05, 0.1) is 11.7 Å². The van der Waals surface area contributed by atoms with Crippen LogP contribution in [0.25, 0.3) is 10.9 Å². The molecule has 0 saturated carbocycles. The number of nitrogens with two attached hydrogens (primary N) is 1. The van der Waals surface area contributed by atoms with E-state index >= 15 is 0 Å². The van der Waals surface area contributed by atoms with Gasteiger partial charge < -0.3 is 5.73 Å². The van der Waals surface area contributed by atoms with Gasteiger partial charge in [-0.3, -0.25) is 14.6 Å². The minimum atomic E-state index is 0.522. The SMILES string of the molecule is C[C@@H]1C[C@H](c2ccc(CN)c3ncccc23)CN(Cc2cnn(C)c2)C1. The van der Waals surface area contributed by atoms with Crippen LogP contribution in [0.1, 0.15) is 36.0 Å². The van der Waals surface area contributed by atoms with Crippen LogP contribution in [0.15, 0.2) is 42.9 Å². The molecule has 2 N–H and O–H groups in total. The molecule has 0 unspecified atom stereocenters. The third kappa shape index (κ3) is 3.37. The Morgan fingerprint density at radius 3 is 2.88 bits per heavy atom. The first-order valence-corrected chi connectivity index (χ1v) is 9.40. The third-order valence-corrected chi connectivity index (χ3v) is 5.45. The molecule has 1 aliphatic heterocycles. The molecule has 0 spiro atoms. The number of piperidine rings is 1. The van der Waals surface area contributed by atoms with E-state index in [0.29, 0.717) is 18.4 Å². The molecule has 2 aromatic heterocycles. The summed E-state index contributed by atoms with van der Waals surface area (Å²) in [6, 6.07) is 8.67. The molecule has 0 bridgehead atoms. The molecule has 136 valence electrons. The van der Waals surface area contributed by atoms with Crippen molar-refractivity contribution >= 4 is 10.9 Å². The minimum absolute atomic E-state index is 0.522. The molecule has 5 heteroatoms. The Morgan fingerprint density at radius 1 is 1.23 bits per heavy atom. The number of aromatic nitrogens is 3. The fourth-order valence-electron chi connectivity index (χ4n) is 4.40. The van der Waals surface area contributed by atoms with Gasteiger partial charge in [-0.2, -0.15) is 5.10 Å². The van der Waals surface area contributed by atoms with Crippen molar-refractivity contribution in [2.75, 3.05) is 13.1 Å². The number of aryl methyl sites for hydroxylation is 1. The Kier molecular flexibility index (Phi) is 4.74. The number of pyridine rings is 1. The zero-order chi connectivity index (χ0) is 18.1. The molecule has 0 radical (unpaired) electrons. The van der Waals surface area contributed by atoms with Crippen molar-refractivity contribution in [2.45, 2.75) is 32.4 Å². The molecule has 4 rings (SSSR count). The van der Waals surface area contributed by atoms with Crippen molar-refractivity contribution in [3.63, 3.8) is 0 Å². The van der Waals surface area contributed by atoms with Gasteiger partial charge in [-0.15, -0.1) is 0 Å². The fraction of sp³-hybridized carbons (Fsp3) is 0.429. The average molecular weight is 349 g/mol. The molecule has 3 aromatic rings. The highest BCUT2D eigenvalue weighted by Gasteiger charge is 2.27. The predicted molar refractivity (Wildman–Crippen MR) is 105 cm³/mol. The molecule has 1 saturated heterocycles. The quantitative estimate of drug-likeness (QED) is 0.786. The number of fused-ring (bicyclic) bond motifs is 1. The summed E-state index contributed by atoms with van der Waals surface area (Å²) in [5.74, 6) is 1.19. The van der Waals surface area contributed by atoms with E-state index in [9.17, 15) is 0 Å². The van der Waals surface area contributed by atoms with Crippen molar-refractivity contribution in [1.82, 2.24) is 19.7 Å². The summed E-state index contributed by atoms with van der Waals surface area (Å²) in [4.78, 5) is 7.18. The second kappa shape index (κ2) is 7.17. The first-order valence-electron chi connectivity index (χ1n) is 9.40. The monoisotopic (exact) mass is 349 g/mol. The van der Waals surface area contributed by atoms with Crippen LogP contribution in [0, 0.1) is 5.92 Å². The van der Waals surface area contributed by atoms with Gasteiger partial charge in [0.1, 0.15) is 0 Å². The second-order valence-electron chi connectivity index (χ2n) is 7.67. The smallest absolute Gasteiger partial charge is 0.0749 e. The summed E-state index contributed by atoms with van der Waals surface area (Å²) < 4.78 is 1.88. The molecular weight excluding hydrogens is 322 g/mol. The Hall–Kier alpha value is -2.24. The van der Waals surface area contributed by atoms with Gasteiger partial charge in [-0.05, 0) is 35.4 Å². The molecule has 0 aliphatic carbocycles. The van der Waals surface area contributed by atoms with Crippen LogP contribution >= 0.6 is 0 Å². The summed E-state index contributed by atoms with van der Waals surface area (Å²) in [6.07, 6.45) is 7.17. The van der Waals surface area contributed by atoms with Crippen molar-refractivity contribution in [2.24, 2.45) is 18.7 Å². The lowest BCUT2D eigenvalue weighted by Crippen LogP contribution is -2.38. The van der Waals surface area contributed by atoms with Crippen LogP contribution in [0.4, 0.5) is 0 Å². The highest BCUT2D eigenvalue weighted by Crippen LogP contribution is 2.35. The highest BCUT2D eigenvalue weighted by molar-refractivity contribution is 5.85. The number of benzene rings is 1. The van der Waals surface area contributed by atoms with Crippen molar-refractivity contribution in [1.29, 1.82) is 0 Å². The van der Waals surface area contributed by atoms with E-state index in [1.54, 1.807) is 0 Å². The number of likely N-dealkylation sites (tertiary alicyclic amines) is 1. The van der Waals surface area contributed by atoms with Crippen molar-refractivity contribution < 1.29 is 0 Å². The Bertz CT molecular complexity index is 900. The maximum atomic E-state index is 5.92. The molecular formula is C21H27N5. The molecule has 1 fully saturated rings. The maximum Gasteiger partial charge on any atom is 0.0749 e. The number of hydrogen-bond donors (Lipinski definition) is 1. The summed E-state index contributed by atoms with van der Waals surface area (Å²) in [7, 11) is 1.98. The van der Waals surface area contributed by atoms with E-state index in [-0.39, 0.29) is 0 Å². The van der Waals surface area contributed by atoms with Gasteiger partial charge >= 0.3 is 0 Å². The van der Waals surface area contributed by atoms with Crippen LogP contribution in [0.5, 0.6) is 0 Å². The molecule has 5 nitrogen and oxygen atoms in total. The van der Waals surface area contributed by atoms with Gasteiger partial charge in [0.2, 0.25) is 0 Å². The largest absolute Gasteiger partial charge is 0.326 e. The van der Waals surface area contributed by atoms with Crippen LogP contribution in [0.2, 0.25) is 0 Å². The first kappa shape index (κ1) is 17.2. The standard InChI is InChI=1S/C21H27N5/c1-15-8-18(14-26(11-15)13-16-10-24-25(2)12-16)19-6-5-17(9-22)21-20(19)4-3-7-23-21/h3-7,10,12,15,18H,8-9,11,13-14,22H2,1-2H3/t15-,18+/m1/s1. The van der Waals surface area contributed by atoms with E-state index in [1.807, 2.05) is 30.2 Å². The molecule has 3 heterocycles. The van der Waals surface area contributed by atoms with Crippen molar-refractivity contribution in [3.05, 3.63) is 59.5 Å². The minimum Gasteiger partial charge on any atom is -0.326 e. The Balaban J connectivity index is 1.63. The first-order chi connectivity index (χ1) is 12.6. The third-order valence-electron chi connectivity index (χ3n) is 5.45. The zero-order valence-corrected chi connectivity index (χ0v) is 15.6. The van der Waals surface area contributed by atoms with Crippen molar-refractivity contribution in [3.8, 4) is 0 Å². The van der Waals surface area contributed by atoms with Gasteiger partial charge in [-0.25, -0.2) is 0 Å². The van der Waals surface area contributed by atoms with Crippen LogP contribution in [0.3, 0.4) is 0 Å². The molecule has 2 atom stereocenters. The molecule has 26 heavy (non-hydrogen) atoms. The summed E-state index contributed by atoms with van der Waals surface area (Å²) >= 11 is 0. The molecule has 1 aromatic carbocycles. The fourth-order valence-corrected chi connectivity index (χ4v) is 4.40. The van der Waals surface area contributed by atoms with Gasteiger partial charge in [0.15, 0.2) is 0 Å². The number of rotatable bonds is 4. The van der Waals surface area contributed by atoms with Crippen LogP contribution < -0.4 is 5.73 Å². The lowest BCUT2D eigenvalue weighted by molar-refractivity contribution is 0.157. The van der Waals surface area contributed by atoms with Gasteiger partial charge in [0.25, 0.3) is 0 Å². The van der Waals surface area contributed by atoms with E-state index in [0.717, 1.165) is 30.7 Å². The maximum absolute atomic E-state index is 5.92. The van der Waals surface area contributed by atoms with Gasteiger partial charge in [0, 0.05) is 56.6 Å². The normalized spacial score (nSPS) is 21.3. The summed E-state index contributed by atoms with van der Waals surface area (Å²) in [6.45, 7) is 6.07. The highest BCUT2D eigenvalue weighted by atomic mass is 15.2. The molecule has 0 amide bonds. The number of nitrogens with zero attached hydrogens (tertiary/aromatic N) is 4. The number of hydrogen-bond acceptors (Lipinski definition) is 4. The topological polar surface area (TPSA) is 60.0 Å². The molecule has 1 aliphatic rings. The van der Waals surface area contributed by atoms with E-state index in [1.165, 1.54) is 22.9 Å². The van der Waals surface area contributed by atoms with Gasteiger partial charge in [-0.1, -0.05) is 25.1 Å². The second-order valence-corrected chi connectivity index (χ2v) is 7.67. The average Bonchev–Trinajstić information content (AvgIpc) is 3.05. The summed E-state index contributed by atoms with van der Waals surface area (Å²) in [5, 5.41) is 5.57.